The molecule has 0 unspecified atom stereocenters. The number of ether oxygens (including phenoxy) is 8. The Bertz CT molecular complexity index is 7500. The summed E-state index contributed by atoms with van der Waals surface area (Å²) in [5, 5.41) is 18.6. The van der Waals surface area contributed by atoms with Crippen LogP contribution in [0.25, 0.3) is 67.6 Å². The van der Waals surface area contributed by atoms with Gasteiger partial charge < -0.3 is 57.5 Å². The SMILES string of the molecule is COc1ccc(-c2c(C)nc3c(N4CC[C@@H](NS(=O)(=O)C(C)C)C4)cc(C)nn23)cc1OC.COc1ccc(-c2c(C)nc3c(N4CC[C@@H](NS(=O)(=O)c5ccc(C)cc5)C4)cc(C)nn23)cc1OC.COc1ccc(-c2c(C)nc3c(N4CC[C@@H](NS(=O)(=O)c5ccc(C)cc5)C4)cc(C)nn23)cc1OC.COc1ccc(-c2c(C)nc3c(N4CC[C@@H](NS(=O)(=O)c5ccccc5)C4)cc(C)nn23)cc1OC. The van der Waals surface area contributed by atoms with Gasteiger partial charge in [0.05, 0.1) is 168 Å². The minimum Gasteiger partial charge on any atom is -0.493 e. The Kier molecular flexibility index (Phi) is 30.3. The van der Waals surface area contributed by atoms with E-state index >= 15 is 0 Å². The van der Waals surface area contributed by atoms with Gasteiger partial charge in [0, 0.05) is 98.8 Å². The van der Waals surface area contributed by atoms with Crippen LogP contribution in [0.2, 0.25) is 0 Å². The predicted molar refractivity (Wildman–Crippen MR) is 553 cm³/mol. The zero-order valence-corrected chi connectivity index (χ0v) is 87.2. The number of aryl methyl sites for hydroxylation is 10. The second-order valence-electron chi connectivity index (χ2n) is 36.3. The first kappa shape index (κ1) is 102. The lowest BCUT2D eigenvalue weighted by molar-refractivity contribution is 0.355. The predicted octanol–water partition coefficient (Wildman–Crippen LogP) is 14.3. The number of aromatic nitrogens is 12. The molecule has 40 heteroatoms. The molecular formula is C103H122N20O16S4. The molecule has 143 heavy (non-hydrogen) atoms. The lowest BCUT2D eigenvalue weighted by Gasteiger charge is -2.20. The molecule has 0 radical (unpaired) electrons. The Morgan fingerprint density at radius 2 is 0.517 bits per heavy atom. The number of benzene rings is 7. The van der Waals surface area contributed by atoms with E-state index in [1.807, 2.05) is 209 Å². The maximum absolute atomic E-state index is 12.9. The van der Waals surface area contributed by atoms with Crippen molar-refractivity contribution in [3.05, 3.63) is 233 Å². The molecule has 4 atom stereocenters. The standard InChI is InChI=1S/2C27H31N5O4S.C26H29N5O4S.C23H31N5O4S/c2*1-17-6-9-22(10-7-17)37(33,34)30-21-12-13-31(16-21)23-14-18(2)29-32-26(19(3)28-27(23)32)20-8-11-24(35-4)25(15-20)36-5;1-17-14-22(30-13-12-20(16-30)29-36(32,33)21-8-6-5-7-9-21)26-27-18(2)25(31(26)28-17)19-10-11-23(34-3)24(15-19)35-4;1-14(2)33(29,30)26-18-9-10-27(13-18)19-11-15(3)25-28-22(16(4)24-23(19)28)17-7-8-20(31-5)21(12-17)32-6/h2*6-11,14-15,21,30H,12-13,16H2,1-5H3;5-11,14-15,20,29H,12-13,16H2,1-4H3;7-8,11-12,14,18,26H,9-10,13H2,1-6H3/t2*21-;20-;18-/m1111/s1. The average molecular weight is 2020 g/mol. The highest BCUT2D eigenvalue weighted by atomic mass is 32.2. The second-order valence-corrected chi connectivity index (χ2v) is 43.7. The number of methoxy groups -OCH3 is 8. The smallest absolute Gasteiger partial charge is 0.240 e. The van der Waals surface area contributed by atoms with E-state index in [-0.39, 0.29) is 38.9 Å². The van der Waals surface area contributed by atoms with Gasteiger partial charge in [0.2, 0.25) is 40.1 Å². The maximum Gasteiger partial charge on any atom is 0.240 e. The van der Waals surface area contributed by atoms with Crippen molar-refractivity contribution in [2.24, 2.45) is 0 Å². The van der Waals surface area contributed by atoms with E-state index in [9.17, 15) is 33.7 Å². The number of hydrogen-bond acceptors (Lipinski definition) is 28. The molecule has 0 spiro atoms. The molecule has 4 saturated heterocycles. The molecule has 4 fully saturated rings. The van der Waals surface area contributed by atoms with E-state index in [0.29, 0.717) is 111 Å². The van der Waals surface area contributed by atoms with E-state index in [1.54, 1.807) is 125 Å². The molecule has 4 aliphatic heterocycles. The van der Waals surface area contributed by atoms with Crippen molar-refractivity contribution in [2.75, 3.05) is 129 Å². The summed E-state index contributed by atoms with van der Waals surface area (Å²) >= 11 is 0. The summed E-state index contributed by atoms with van der Waals surface area (Å²) in [7, 11) is -1.22. The van der Waals surface area contributed by atoms with Gasteiger partial charge in [-0.25, -0.2) is 90.6 Å². The number of nitrogens with one attached hydrogen (secondary N) is 4. The largest absolute Gasteiger partial charge is 0.493 e. The van der Waals surface area contributed by atoms with Crippen molar-refractivity contribution < 1.29 is 71.6 Å². The summed E-state index contributed by atoms with van der Waals surface area (Å²) in [6, 6.07) is 52.6. The van der Waals surface area contributed by atoms with Crippen LogP contribution in [0.1, 0.15) is 96.2 Å². The first-order chi connectivity index (χ1) is 68.3. The van der Waals surface area contributed by atoms with Crippen LogP contribution in [0.4, 0.5) is 22.7 Å². The molecule has 12 heterocycles. The third-order valence-corrected chi connectivity index (χ3v) is 32.3. The Hall–Kier alpha value is -13.7. The topological polar surface area (TPSA) is 392 Å². The fourth-order valence-corrected chi connectivity index (χ4v) is 23.4. The monoisotopic (exact) mass is 2020 g/mol. The Labute approximate surface area is 834 Å². The van der Waals surface area contributed by atoms with Crippen molar-refractivity contribution in [1.29, 1.82) is 0 Å². The highest BCUT2D eigenvalue weighted by molar-refractivity contribution is 7.90. The number of hydrogen-bond donors (Lipinski definition) is 4. The zero-order valence-electron chi connectivity index (χ0n) is 83.9. The highest BCUT2D eigenvalue weighted by Crippen LogP contribution is 2.43. The molecule has 4 N–H and O–H groups in total. The minimum atomic E-state index is -3.60. The molecule has 8 aromatic heterocycles. The lowest BCUT2D eigenvalue weighted by Crippen LogP contribution is -2.40. The van der Waals surface area contributed by atoms with E-state index in [4.69, 9.17) is 78.2 Å². The maximum atomic E-state index is 12.9. The van der Waals surface area contributed by atoms with Gasteiger partial charge in [-0.3, -0.25) is 0 Å². The molecule has 36 nitrogen and oxygen atoms in total. The number of nitrogens with zero attached hydrogens (tertiary/aromatic N) is 16. The van der Waals surface area contributed by atoms with Crippen LogP contribution in [-0.2, 0) is 40.1 Å². The van der Waals surface area contributed by atoms with Gasteiger partial charge in [-0.05, 0) is 242 Å². The van der Waals surface area contributed by atoms with Crippen LogP contribution < -0.4 is 76.4 Å². The van der Waals surface area contributed by atoms with Crippen LogP contribution in [0.3, 0.4) is 0 Å². The van der Waals surface area contributed by atoms with Crippen LogP contribution in [0.15, 0.2) is 191 Å². The third-order valence-electron chi connectivity index (χ3n) is 25.8. The minimum absolute atomic E-state index is 0.132. The number of sulfonamides is 4. The van der Waals surface area contributed by atoms with Crippen molar-refractivity contribution in [3.8, 4) is 91.0 Å². The molecule has 4 aliphatic rings. The molecule has 0 saturated carbocycles. The molecule has 754 valence electrons. The van der Waals surface area contributed by atoms with Gasteiger partial charge in [0.25, 0.3) is 0 Å². The van der Waals surface area contributed by atoms with Crippen molar-refractivity contribution in [1.82, 2.24) is 77.3 Å². The molecule has 0 aliphatic carbocycles. The fourth-order valence-electron chi connectivity index (χ4n) is 18.7. The summed E-state index contributed by atoms with van der Waals surface area (Å²) in [5.41, 5.74) is 22.6. The number of fused-ring (bicyclic) bond motifs is 4. The molecule has 0 amide bonds. The highest BCUT2D eigenvalue weighted by Gasteiger charge is 2.37. The van der Waals surface area contributed by atoms with Gasteiger partial charge in [-0.1, -0.05) is 53.6 Å². The fraction of sp³-hybridized carbons (Fsp3) is 0.359. The Morgan fingerprint density at radius 1 is 0.287 bits per heavy atom. The summed E-state index contributed by atoms with van der Waals surface area (Å²) < 4.78 is 165. The van der Waals surface area contributed by atoms with Crippen LogP contribution in [-0.4, -0.2) is 231 Å². The van der Waals surface area contributed by atoms with Gasteiger partial charge in [-0.2, -0.15) is 20.4 Å². The summed E-state index contributed by atoms with van der Waals surface area (Å²) in [6.07, 6.45) is 2.82. The van der Waals surface area contributed by atoms with Gasteiger partial charge >= 0.3 is 0 Å². The number of rotatable bonds is 28. The van der Waals surface area contributed by atoms with Crippen LogP contribution in [0.5, 0.6) is 46.0 Å². The second kappa shape index (κ2) is 42.4. The first-order valence-electron chi connectivity index (χ1n) is 47.0. The third kappa shape index (κ3) is 21.8. The normalized spacial score (nSPS) is 16.1. The van der Waals surface area contributed by atoms with Crippen molar-refractivity contribution in [2.45, 2.75) is 153 Å². The molecule has 19 rings (SSSR count). The van der Waals surface area contributed by atoms with Crippen LogP contribution in [0, 0.1) is 69.2 Å². The summed E-state index contributed by atoms with van der Waals surface area (Å²) in [6.45, 7) is 28.0. The van der Waals surface area contributed by atoms with E-state index in [2.05, 4.69) is 38.5 Å². The number of imidazole rings is 4. The van der Waals surface area contributed by atoms with Crippen LogP contribution >= 0.6 is 0 Å². The Balaban J connectivity index is 0.000000137. The van der Waals surface area contributed by atoms with Crippen molar-refractivity contribution >= 4 is 85.4 Å². The number of anilines is 4. The van der Waals surface area contributed by atoms with E-state index < -0.39 is 45.3 Å². The Morgan fingerprint density at radius 3 is 0.748 bits per heavy atom. The van der Waals surface area contributed by atoms with E-state index in [1.165, 1.54) is 0 Å². The van der Waals surface area contributed by atoms with Gasteiger partial charge in [-0.15, -0.1) is 0 Å². The van der Waals surface area contributed by atoms with E-state index in [0.717, 1.165) is 160 Å². The lowest BCUT2D eigenvalue weighted by atomic mass is 10.1. The quantitative estimate of drug-likeness (QED) is 0.0354. The molecule has 7 aromatic carbocycles. The van der Waals surface area contributed by atoms with Gasteiger partial charge in [0.1, 0.15) is 0 Å². The average Bonchev–Trinajstić information content (AvgIpc) is 1.60. The van der Waals surface area contributed by atoms with Gasteiger partial charge in [0.15, 0.2) is 68.6 Å². The zero-order chi connectivity index (χ0) is 102. The molecular weight excluding hydrogens is 1900 g/mol. The summed E-state index contributed by atoms with van der Waals surface area (Å²) in [4.78, 5) is 29.0. The van der Waals surface area contributed by atoms with Crippen molar-refractivity contribution in [3.63, 3.8) is 0 Å². The summed E-state index contributed by atoms with van der Waals surface area (Å²) in [5.74, 6) is 5.14. The molecule has 0 bridgehead atoms. The first-order valence-corrected chi connectivity index (χ1v) is 53.0. The molecule has 15 aromatic rings.